The molecule has 0 saturated heterocycles. The van der Waals surface area contributed by atoms with Crippen LogP contribution in [0.3, 0.4) is 0 Å². The largest absolute Gasteiger partial charge is 0.493 e. The minimum absolute atomic E-state index is 0.0520. The molecule has 0 bridgehead atoms. The van der Waals surface area contributed by atoms with Crippen LogP contribution < -0.4 is 15.8 Å². The third-order valence-electron chi connectivity index (χ3n) is 7.89. The number of carbonyl (C=O) groups excluding carboxylic acids is 1. The molecule has 3 N–H and O–H groups in total. The molecule has 1 aliphatic carbocycles. The van der Waals surface area contributed by atoms with Gasteiger partial charge in [-0.05, 0) is 87.7 Å². The molecule has 2 rings (SSSR count). The summed E-state index contributed by atoms with van der Waals surface area (Å²) in [4.78, 5) is 12.0. The van der Waals surface area contributed by atoms with E-state index in [-0.39, 0.29) is 17.2 Å². The first-order valence-corrected chi connectivity index (χ1v) is 17.7. The maximum atomic E-state index is 12.0. The van der Waals surface area contributed by atoms with Crippen LogP contribution in [0.15, 0.2) is 18.2 Å². The van der Waals surface area contributed by atoms with Gasteiger partial charge >= 0.3 is 6.09 Å². The fraction of sp³-hybridized carbons (Fsp3) is 0.774. The van der Waals surface area contributed by atoms with Crippen LogP contribution in [0.2, 0.25) is 18.1 Å². The van der Waals surface area contributed by atoms with Crippen molar-refractivity contribution in [3.63, 3.8) is 0 Å². The number of amides is 1. The van der Waals surface area contributed by atoms with Gasteiger partial charge < -0.3 is 25.0 Å². The molecule has 0 unspecified atom stereocenters. The number of nitrogens with two attached hydrogens (primary N) is 1. The molecule has 6 nitrogen and oxygen atoms in total. The van der Waals surface area contributed by atoms with Gasteiger partial charge in [-0.3, -0.25) is 0 Å². The number of hydrogen-bond donors (Lipinski definition) is 2. The second kappa shape index (κ2) is 14.7. The van der Waals surface area contributed by atoms with Gasteiger partial charge in [0, 0.05) is 19.2 Å². The molecule has 0 heterocycles. The van der Waals surface area contributed by atoms with Crippen molar-refractivity contribution in [3.8, 4) is 5.75 Å². The monoisotopic (exact) mass is 548 g/mol. The molecule has 0 spiro atoms. The lowest BCUT2D eigenvalue weighted by Crippen LogP contribution is -2.44. The molecule has 218 valence electrons. The highest BCUT2D eigenvalue weighted by atomic mass is 28.4. The maximum Gasteiger partial charge on any atom is 0.407 e. The number of nitrogens with one attached hydrogen (secondary N) is 1. The van der Waals surface area contributed by atoms with E-state index in [1.807, 2.05) is 20.8 Å². The number of carbonyl (C=O) groups is 1. The Bertz CT molecular complexity index is 854. The Hall–Kier alpha value is -1.57. The van der Waals surface area contributed by atoms with Crippen LogP contribution in [0.1, 0.15) is 97.6 Å². The average Bonchev–Trinajstić information content (AvgIpc) is 2.80. The van der Waals surface area contributed by atoms with Crippen LogP contribution in [-0.4, -0.2) is 45.8 Å². The first-order chi connectivity index (χ1) is 17.7. The minimum Gasteiger partial charge on any atom is -0.493 e. The highest BCUT2D eigenvalue weighted by Crippen LogP contribution is 2.36. The number of hydrogen-bond acceptors (Lipinski definition) is 5. The first-order valence-electron chi connectivity index (χ1n) is 14.8. The molecule has 1 aromatic carbocycles. The minimum atomic E-state index is -1.83. The maximum absolute atomic E-state index is 12.0. The highest BCUT2D eigenvalue weighted by molar-refractivity contribution is 6.74. The smallest absolute Gasteiger partial charge is 0.407 e. The number of alkyl carbamates (subject to hydrolysis) is 1. The molecule has 1 aliphatic rings. The average molecular weight is 549 g/mol. The Balaban J connectivity index is 1.98. The molecule has 0 aliphatic heterocycles. The molecule has 1 aromatic rings. The van der Waals surface area contributed by atoms with Gasteiger partial charge in [-0.15, -0.1) is 0 Å². The van der Waals surface area contributed by atoms with Crippen LogP contribution in [0.25, 0.3) is 0 Å². The van der Waals surface area contributed by atoms with Gasteiger partial charge in [-0.25, -0.2) is 4.79 Å². The third-order valence-corrected chi connectivity index (χ3v) is 12.4. The summed E-state index contributed by atoms with van der Waals surface area (Å²) >= 11 is 0. The van der Waals surface area contributed by atoms with E-state index in [1.165, 1.54) is 43.2 Å². The number of aryl methyl sites for hydroxylation is 1. The predicted molar refractivity (Wildman–Crippen MR) is 161 cm³/mol. The van der Waals surface area contributed by atoms with Crippen molar-refractivity contribution in [1.29, 1.82) is 0 Å². The van der Waals surface area contributed by atoms with Crippen LogP contribution in [0, 0.1) is 5.92 Å². The molecule has 0 aromatic heterocycles. The zero-order chi connectivity index (χ0) is 28.4. The summed E-state index contributed by atoms with van der Waals surface area (Å²) in [5.41, 5.74) is 8.40. The molecular weight excluding hydrogens is 492 g/mol. The molecular formula is C31H56N2O4Si. The van der Waals surface area contributed by atoms with Crippen molar-refractivity contribution in [2.24, 2.45) is 11.7 Å². The number of rotatable bonds is 13. The van der Waals surface area contributed by atoms with Gasteiger partial charge in [0.25, 0.3) is 0 Å². The van der Waals surface area contributed by atoms with Crippen molar-refractivity contribution < 1.29 is 18.7 Å². The lowest BCUT2D eigenvalue weighted by Gasteiger charge is -2.37. The summed E-state index contributed by atoms with van der Waals surface area (Å²) in [6.07, 6.45) is 9.90. The SMILES string of the molecule is CC(C)(C)OC(=O)NCCCc1cc(C[C@H](N)CO[Si](C)(C)C(C)(C)C)ccc1OCCC1CCCCC1. The Labute approximate surface area is 233 Å². The van der Waals surface area contributed by atoms with Crippen molar-refractivity contribution in [3.05, 3.63) is 29.3 Å². The second-order valence-corrected chi connectivity index (χ2v) is 18.5. The van der Waals surface area contributed by atoms with E-state index in [9.17, 15) is 4.79 Å². The zero-order valence-corrected chi connectivity index (χ0v) is 26.6. The predicted octanol–water partition coefficient (Wildman–Crippen LogP) is 7.38. The molecule has 1 saturated carbocycles. The van der Waals surface area contributed by atoms with E-state index in [2.05, 4.69) is 57.4 Å². The summed E-state index contributed by atoms with van der Waals surface area (Å²) < 4.78 is 18.0. The molecule has 7 heteroatoms. The Kier molecular flexibility index (Phi) is 12.6. The van der Waals surface area contributed by atoms with Crippen molar-refractivity contribution in [1.82, 2.24) is 5.32 Å². The van der Waals surface area contributed by atoms with Gasteiger partial charge in [0.2, 0.25) is 0 Å². The van der Waals surface area contributed by atoms with Crippen molar-refractivity contribution in [2.75, 3.05) is 19.8 Å². The fourth-order valence-corrected chi connectivity index (χ4v) is 5.65. The van der Waals surface area contributed by atoms with E-state index >= 15 is 0 Å². The summed E-state index contributed by atoms with van der Waals surface area (Å²) in [5.74, 6) is 1.75. The summed E-state index contributed by atoms with van der Waals surface area (Å²) in [6, 6.07) is 6.43. The molecule has 0 radical (unpaired) electrons. The van der Waals surface area contributed by atoms with Gasteiger partial charge in [0.05, 0.1) is 6.61 Å². The number of ether oxygens (including phenoxy) is 2. The van der Waals surface area contributed by atoms with Crippen LogP contribution in [0.4, 0.5) is 4.79 Å². The highest BCUT2D eigenvalue weighted by Gasteiger charge is 2.37. The van der Waals surface area contributed by atoms with Gasteiger partial charge in [0.15, 0.2) is 8.32 Å². The van der Waals surface area contributed by atoms with Gasteiger partial charge in [0.1, 0.15) is 11.4 Å². The van der Waals surface area contributed by atoms with E-state index < -0.39 is 13.9 Å². The van der Waals surface area contributed by atoms with E-state index in [0.717, 1.165) is 44.0 Å². The molecule has 38 heavy (non-hydrogen) atoms. The van der Waals surface area contributed by atoms with Crippen molar-refractivity contribution >= 4 is 14.4 Å². The topological polar surface area (TPSA) is 82.8 Å². The van der Waals surface area contributed by atoms with Crippen LogP contribution in [0.5, 0.6) is 5.75 Å². The number of benzene rings is 1. The van der Waals surface area contributed by atoms with E-state index in [1.54, 1.807) is 0 Å². The quantitative estimate of drug-likeness (QED) is 0.198. The lowest BCUT2D eigenvalue weighted by molar-refractivity contribution is 0.0527. The summed E-state index contributed by atoms with van der Waals surface area (Å²) in [6.45, 7) is 18.8. The lowest BCUT2D eigenvalue weighted by atomic mass is 9.87. The first kappa shape index (κ1) is 32.6. The van der Waals surface area contributed by atoms with Gasteiger partial charge in [-0.2, -0.15) is 0 Å². The zero-order valence-electron chi connectivity index (χ0n) is 25.6. The van der Waals surface area contributed by atoms with Gasteiger partial charge in [-0.1, -0.05) is 65.0 Å². The van der Waals surface area contributed by atoms with Crippen molar-refractivity contribution in [2.45, 2.75) is 129 Å². The van der Waals surface area contributed by atoms with E-state index in [4.69, 9.17) is 19.6 Å². The second-order valence-electron chi connectivity index (χ2n) is 13.7. The normalized spacial score (nSPS) is 16.2. The summed E-state index contributed by atoms with van der Waals surface area (Å²) in [5, 5.41) is 3.04. The third kappa shape index (κ3) is 12.1. The Morgan fingerprint density at radius 2 is 1.79 bits per heavy atom. The molecule has 1 amide bonds. The van der Waals surface area contributed by atoms with E-state index in [0.29, 0.717) is 13.2 Å². The Morgan fingerprint density at radius 1 is 1.11 bits per heavy atom. The Morgan fingerprint density at radius 3 is 2.42 bits per heavy atom. The molecule has 1 fully saturated rings. The summed E-state index contributed by atoms with van der Waals surface area (Å²) in [7, 11) is -1.83. The molecule has 1 atom stereocenters. The fourth-order valence-electron chi connectivity index (χ4n) is 4.58. The standard InChI is InChI=1S/C31H56N2O4Si/c1-30(2,3)37-29(34)33-19-12-15-26-21-25(22-27(32)23-36-38(7,8)31(4,5)6)16-17-28(26)35-20-18-24-13-10-9-11-14-24/h16-17,21,24,27H,9-15,18-20,22-23,32H2,1-8H3,(H,33,34)/t27-/m0/s1. The van der Waals surface area contributed by atoms with Crippen LogP contribution >= 0.6 is 0 Å². The van der Waals surface area contributed by atoms with Crippen LogP contribution in [-0.2, 0) is 22.0 Å².